The predicted molar refractivity (Wildman–Crippen MR) is 61.4 cm³/mol. The minimum atomic E-state index is 0.583. The van der Waals surface area contributed by atoms with E-state index in [4.69, 9.17) is 12.2 Å². The molecule has 0 aliphatic heterocycles. The van der Waals surface area contributed by atoms with Crippen molar-refractivity contribution in [3.05, 3.63) is 23.9 Å². The number of rotatable bonds is 2. The molecule has 1 aromatic rings. The Morgan fingerprint density at radius 1 is 1.57 bits per heavy atom. The number of thiocarbonyl (C=S) groups is 1. The number of anilines is 1. The number of pyridine rings is 1. The van der Waals surface area contributed by atoms with Crippen LogP contribution in [0.4, 0.5) is 5.82 Å². The van der Waals surface area contributed by atoms with Crippen LogP contribution in [0.25, 0.3) is 0 Å². The largest absolute Gasteiger partial charge is 0.360 e. The number of hydrogen-bond donors (Lipinski definition) is 2. The molecule has 1 aliphatic rings. The van der Waals surface area contributed by atoms with Gasteiger partial charge in [-0.25, -0.2) is 4.98 Å². The Bertz CT molecular complexity index is 347. The van der Waals surface area contributed by atoms with E-state index in [0.29, 0.717) is 11.2 Å². The normalized spacial score (nSPS) is 14.9. The van der Waals surface area contributed by atoms with Crippen molar-refractivity contribution in [3.63, 3.8) is 0 Å². The fraction of sp³-hybridized carbons (Fsp3) is 0.400. The molecule has 0 atom stereocenters. The molecule has 0 aromatic carbocycles. The zero-order valence-corrected chi connectivity index (χ0v) is 8.90. The van der Waals surface area contributed by atoms with Gasteiger partial charge in [-0.2, -0.15) is 0 Å². The van der Waals surface area contributed by atoms with Gasteiger partial charge in [0.25, 0.3) is 0 Å². The standard InChI is InChI=1S/C10H13N3S/c1-7-4-5-11-9(6-7)13-10(14)12-8-2-3-8/h4-6,8H,2-3H2,1H3,(H2,11,12,13,14). The Balaban J connectivity index is 1.92. The number of hydrogen-bond acceptors (Lipinski definition) is 2. The molecule has 2 rings (SSSR count). The molecular formula is C10H13N3S. The van der Waals surface area contributed by atoms with E-state index in [1.54, 1.807) is 6.20 Å². The van der Waals surface area contributed by atoms with Gasteiger partial charge in [0.15, 0.2) is 5.11 Å². The van der Waals surface area contributed by atoms with Crippen LogP contribution >= 0.6 is 12.2 Å². The summed E-state index contributed by atoms with van der Waals surface area (Å²) in [6, 6.07) is 4.52. The molecule has 74 valence electrons. The summed E-state index contributed by atoms with van der Waals surface area (Å²) in [6.07, 6.45) is 4.23. The highest BCUT2D eigenvalue weighted by Gasteiger charge is 2.21. The number of aromatic nitrogens is 1. The number of nitrogens with one attached hydrogen (secondary N) is 2. The van der Waals surface area contributed by atoms with Crippen LogP contribution in [0, 0.1) is 6.92 Å². The summed E-state index contributed by atoms with van der Waals surface area (Å²) in [6.45, 7) is 2.03. The molecule has 3 nitrogen and oxygen atoms in total. The van der Waals surface area contributed by atoms with Crippen LogP contribution in [-0.2, 0) is 0 Å². The topological polar surface area (TPSA) is 37.0 Å². The highest BCUT2D eigenvalue weighted by molar-refractivity contribution is 7.80. The molecule has 0 spiro atoms. The molecule has 4 heteroatoms. The second kappa shape index (κ2) is 3.92. The summed E-state index contributed by atoms with van der Waals surface area (Å²) in [5, 5.41) is 6.94. The minimum absolute atomic E-state index is 0.583. The Hall–Kier alpha value is -1.16. The van der Waals surface area contributed by atoms with Gasteiger partial charge in [0.05, 0.1) is 0 Å². The van der Waals surface area contributed by atoms with Crippen molar-refractivity contribution in [2.24, 2.45) is 0 Å². The second-order valence-electron chi connectivity index (χ2n) is 3.59. The van der Waals surface area contributed by atoms with Gasteiger partial charge in [0.1, 0.15) is 5.82 Å². The first-order valence-electron chi connectivity index (χ1n) is 4.74. The number of nitrogens with zero attached hydrogens (tertiary/aromatic N) is 1. The summed E-state index contributed by atoms with van der Waals surface area (Å²) in [5.41, 5.74) is 1.18. The van der Waals surface area contributed by atoms with Crippen molar-refractivity contribution >= 4 is 23.1 Å². The van der Waals surface area contributed by atoms with Crippen LogP contribution in [0.3, 0.4) is 0 Å². The molecule has 1 heterocycles. The lowest BCUT2D eigenvalue weighted by atomic mass is 10.3. The molecule has 1 saturated carbocycles. The number of aryl methyl sites for hydroxylation is 1. The molecule has 0 unspecified atom stereocenters. The summed E-state index contributed by atoms with van der Waals surface area (Å²) >= 11 is 5.13. The van der Waals surface area contributed by atoms with E-state index < -0.39 is 0 Å². The quantitative estimate of drug-likeness (QED) is 0.726. The minimum Gasteiger partial charge on any atom is -0.360 e. The van der Waals surface area contributed by atoms with Crippen molar-refractivity contribution in [1.82, 2.24) is 10.3 Å². The lowest BCUT2D eigenvalue weighted by Crippen LogP contribution is -2.30. The van der Waals surface area contributed by atoms with Crippen molar-refractivity contribution in [2.75, 3.05) is 5.32 Å². The monoisotopic (exact) mass is 207 g/mol. The molecule has 1 fully saturated rings. The van der Waals surface area contributed by atoms with Crippen molar-refractivity contribution in [3.8, 4) is 0 Å². The zero-order chi connectivity index (χ0) is 9.97. The predicted octanol–water partition coefficient (Wildman–Crippen LogP) is 1.84. The third-order valence-electron chi connectivity index (χ3n) is 2.07. The average molecular weight is 207 g/mol. The SMILES string of the molecule is Cc1ccnc(NC(=S)NC2CC2)c1. The Kier molecular flexibility index (Phi) is 2.63. The molecule has 0 bridgehead atoms. The van der Waals surface area contributed by atoms with Crippen LogP contribution in [0.5, 0.6) is 0 Å². The summed E-state index contributed by atoms with van der Waals surface area (Å²) < 4.78 is 0. The van der Waals surface area contributed by atoms with Crippen LogP contribution in [0.2, 0.25) is 0 Å². The molecule has 2 N–H and O–H groups in total. The van der Waals surface area contributed by atoms with Gasteiger partial charge in [0.2, 0.25) is 0 Å². The van der Waals surface area contributed by atoms with E-state index in [2.05, 4.69) is 15.6 Å². The van der Waals surface area contributed by atoms with E-state index in [0.717, 1.165) is 5.82 Å². The Morgan fingerprint density at radius 2 is 2.36 bits per heavy atom. The Morgan fingerprint density at radius 3 is 3.00 bits per heavy atom. The van der Waals surface area contributed by atoms with Gasteiger partial charge in [0, 0.05) is 12.2 Å². The third kappa shape index (κ3) is 2.67. The molecule has 14 heavy (non-hydrogen) atoms. The average Bonchev–Trinajstić information content (AvgIpc) is 2.87. The molecule has 1 aliphatic carbocycles. The van der Waals surface area contributed by atoms with Gasteiger partial charge in [-0.1, -0.05) is 0 Å². The fourth-order valence-electron chi connectivity index (χ4n) is 1.17. The summed E-state index contributed by atoms with van der Waals surface area (Å²) in [7, 11) is 0. The first-order chi connectivity index (χ1) is 6.74. The van der Waals surface area contributed by atoms with E-state index >= 15 is 0 Å². The highest BCUT2D eigenvalue weighted by Crippen LogP contribution is 2.18. The van der Waals surface area contributed by atoms with Gasteiger partial charge >= 0.3 is 0 Å². The lowest BCUT2D eigenvalue weighted by molar-refractivity contribution is 0.918. The highest BCUT2D eigenvalue weighted by atomic mass is 32.1. The van der Waals surface area contributed by atoms with E-state index in [1.165, 1.54) is 18.4 Å². The van der Waals surface area contributed by atoms with Gasteiger partial charge in [-0.3, -0.25) is 0 Å². The molecule has 0 saturated heterocycles. The zero-order valence-electron chi connectivity index (χ0n) is 8.08. The first kappa shape index (κ1) is 9.40. The fourth-order valence-corrected chi connectivity index (χ4v) is 1.44. The van der Waals surface area contributed by atoms with E-state index in [-0.39, 0.29) is 0 Å². The summed E-state index contributed by atoms with van der Waals surface area (Å²) in [5.74, 6) is 0.808. The molecule has 1 aromatic heterocycles. The van der Waals surface area contributed by atoms with Gasteiger partial charge in [-0.15, -0.1) is 0 Å². The van der Waals surface area contributed by atoms with Crippen LogP contribution in [0.1, 0.15) is 18.4 Å². The van der Waals surface area contributed by atoms with Crippen LogP contribution < -0.4 is 10.6 Å². The van der Waals surface area contributed by atoms with Crippen LogP contribution in [-0.4, -0.2) is 16.1 Å². The van der Waals surface area contributed by atoms with Gasteiger partial charge < -0.3 is 10.6 Å². The van der Waals surface area contributed by atoms with E-state index in [9.17, 15) is 0 Å². The Labute approximate surface area is 88.9 Å². The molecule has 0 amide bonds. The maximum Gasteiger partial charge on any atom is 0.172 e. The first-order valence-corrected chi connectivity index (χ1v) is 5.15. The lowest BCUT2D eigenvalue weighted by Gasteiger charge is -2.08. The molecular weight excluding hydrogens is 194 g/mol. The molecule has 0 radical (unpaired) electrons. The third-order valence-corrected chi connectivity index (χ3v) is 2.29. The maximum absolute atomic E-state index is 5.13. The summed E-state index contributed by atoms with van der Waals surface area (Å²) in [4.78, 5) is 4.17. The van der Waals surface area contributed by atoms with E-state index in [1.807, 2.05) is 19.1 Å². The van der Waals surface area contributed by atoms with Crippen molar-refractivity contribution in [2.45, 2.75) is 25.8 Å². The second-order valence-corrected chi connectivity index (χ2v) is 4.00. The smallest absolute Gasteiger partial charge is 0.172 e. The van der Waals surface area contributed by atoms with Crippen molar-refractivity contribution < 1.29 is 0 Å². The van der Waals surface area contributed by atoms with Crippen LogP contribution in [0.15, 0.2) is 18.3 Å². The van der Waals surface area contributed by atoms with Gasteiger partial charge in [-0.05, 0) is 49.7 Å². The van der Waals surface area contributed by atoms with Crippen molar-refractivity contribution in [1.29, 1.82) is 0 Å². The maximum atomic E-state index is 5.13.